The monoisotopic (exact) mass is 436 g/mol. The summed E-state index contributed by atoms with van der Waals surface area (Å²) in [5.41, 5.74) is -3.08. The van der Waals surface area contributed by atoms with Gasteiger partial charge in [0.05, 0.1) is 24.1 Å². The SMILES string of the molecule is CC12OC(=N)C(C#N)(C1c1ccccc1)C(C#N)(C#N)C(c1ccc(Cl)cc1Cl)O2. The smallest absolute Gasteiger partial charge is 0.218 e. The Hall–Kier alpha value is -3.08. The Morgan fingerprint density at radius 1 is 1.00 bits per heavy atom. The van der Waals surface area contributed by atoms with Gasteiger partial charge in [-0.2, -0.15) is 15.8 Å². The standard InChI is InChI=1S/C22H14Cl2N4O2/c1-20-17(13-5-3-2-4-6-13)22(12-27,19(28)30-20)21(10-25,11-26)18(29-20)15-8-7-14(23)9-16(15)24/h2-9,17-18,28H,1H3. The fourth-order valence-electron chi connectivity index (χ4n) is 4.63. The highest BCUT2D eigenvalue weighted by Gasteiger charge is 2.79. The van der Waals surface area contributed by atoms with Crippen molar-refractivity contribution in [1.82, 2.24) is 0 Å². The third-order valence-corrected chi connectivity index (χ3v) is 6.46. The molecule has 2 aromatic carbocycles. The van der Waals surface area contributed by atoms with Crippen molar-refractivity contribution in [3.05, 3.63) is 69.7 Å². The number of nitrogens with zero attached hydrogens (tertiary/aromatic N) is 3. The van der Waals surface area contributed by atoms with Crippen molar-refractivity contribution in [2.24, 2.45) is 10.8 Å². The second-order valence-electron chi connectivity index (χ2n) is 7.41. The van der Waals surface area contributed by atoms with E-state index in [0.717, 1.165) is 0 Å². The predicted molar refractivity (Wildman–Crippen MR) is 108 cm³/mol. The Labute approximate surface area is 183 Å². The van der Waals surface area contributed by atoms with Crippen LogP contribution in [0.25, 0.3) is 0 Å². The molecule has 2 fully saturated rings. The van der Waals surface area contributed by atoms with E-state index in [4.69, 9.17) is 38.1 Å². The molecular formula is C22H14Cl2N4O2. The summed E-state index contributed by atoms with van der Waals surface area (Å²) in [5.74, 6) is -2.83. The lowest BCUT2D eigenvalue weighted by atomic mass is 9.52. The fraction of sp³-hybridized carbons (Fsp3) is 0.273. The summed E-state index contributed by atoms with van der Waals surface area (Å²) < 4.78 is 12.0. The third kappa shape index (κ3) is 2.35. The first-order chi connectivity index (χ1) is 14.3. The second kappa shape index (κ2) is 6.73. The normalized spacial score (nSPS) is 31.1. The van der Waals surface area contributed by atoms with Gasteiger partial charge in [-0.25, -0.2) is 0 Å². The molecule has 30 heavy (non-hydrogen) atoms. The van der Waals surface area contributed by atoms with E-state index in [-0.39, 0.29) is 5.02 Å². The Balaban J connectivity index is 2.05. The van der Waals surface area contributed by atoms with Gasteiger partial charge >= 0.3 is 0 Å². The summed E-state index contributed by atoms with van der Waals surface area (Å²) in [6.45, 7) is 1.60. The number of fused-ring (bicyclic) bond motifs is 2. The van der Waals surface area contributed by atoms with Gasteiger partial charge in [0, 0.05) is 22.5 Å². The fourth-order valence-corrected chi connectivity index (χ4v) is 5.13. The van der Waals surface area contributed by atoms with Gasteiger partial charge in [-0.3, -0.25) is 5.41 Å². The maximum atomic E-state index is 10.4. The molecule has 0 aromatic heterocycles. The number of hydrogen-bond acceptors (Lipinski definition) is 6. The Morgan fingerprint density at radius 3 is 2.23 bits per heavy atom. The number of hydrogen-bond donors (Lipinski definition) is 1. The average Bonchev–Trinajstić information content (AvgIpc) is 2.92. The van der Waals surface area contributed by atoms with E-state index in [1.54, 1.807) is 49.4 Å². The number of ether oxygens (including phenoxy) is 2. The Bertz CT molecular complexity index is 1170. The van der Waals surface area contributed by atoms with E-state index in [1.807, 2.05) is 12.1 Å². The van der Waals surface area contributed by atoms with Crippen molar-refractivity contribution >= 4 is 29.1 Å². The van der Waals surface area contributed by atoms with Gasteiger partial charge in [-0.05, 0) is 17.7 Å². The summed E-state index contributed by atoms with van der Waals surface area (Å²) in [6, 6.07) is 19.6. The highest BCUT2D eigenvalue weighted by Crippen LogP contribution is 2.69. The predicted octanol–water partition coefficient (Wildman–Crippen LogP) is 5.12. The molecular weight excluding hydrogens is 423 g/mol. The minimum Gasteiger partial charge on any atom is -0.447 e. The van der Waals surface area contributed by atoms with E-state index < -0.39 is 34.5 Å². The highest BCUT2D eigenvalue weighted by molar-refractivity contribution is 6.35. The van der Waals surface area contributed by atoms with Crippen LogP contribution in [0.5, 0.6) is 0 Å². The van der Waals surface area contributed by atoms with Crippen molar-refractivity contribution < 1.29 is 9.47 Å². The molecule has 2 aromatic rings. The van der Waals surface area contributed by atoms with Gasteiger partial charge in [-0.15, -0.1) is 0 Å². The summed E-state index contributed by atoms with van der Waals surface area (Å²) in [4.78, 5) is 0. The molecule has 8 heteroatoms. The molecule has 6 nitrogen and oxygen atoms in total. The van der Waals surface area contributed by atoms with Crippen molar-refractivity contribution in [3.63, 3.8) is 0 Å². The summed E-state index contributed by atoms with van der Waals surface area (Å²) in [6.07, 6.45) is -1.25. The van der Waals surface area contributed by atoms with E-state index in [9.17, 15) is 15.8 Å². The molecule has 2 aliphatic heterocycles. The van der Waals surface area contributed by atoms with Crippen LogP contribution in [0.3, 0.4) is 0 Å². The minimum atomic E-state index is -2.10. The summed E-state index contributed by atoms with van der Waals surface area (Å²) in [7, 11) is 0. The van der Waals surface area contributed by atoms with Crippen molar-refractivity contribution in [2.45, 2.75) is 24.7 Å². The number of nitrogens with one attached hydrogen (secondary N) is 1. The van der Waals surface area contributed by atoms with E-state index in [2.05, 4.69) is 6.07 Å². The molecule has 2 aliphatic rings. The highest BCUT2D eigenvalue weighted by atomic mass is 35.5. The van der Waals surface area contributed by atoms with Crippen LogP contribution in [-0.4, -0.2) is 11.7 Å². The van der Waals surface area contributed by atoms with Gasteiger partial charge in [0.25, 0.3) is 0 Å². The lowest BCUT2D eigenvalue weighted by Crippen LogP contribution is -2.57. The second-order valence-corrected chi connectivity index (χ2v) is 8.25. The molecule has 0 saturated carbocycles. The summed E-state index contributed by atoms with van der Waals surface area (Å²) >= 11 is 12.4. The molecule has 2 bridgehead atoms. The van der Waals surface area contributed by atoms with Crippen molar-refractivity contribution in [3.8, 4) is 18.2 Å². The number of benzene rings is 2. The first kappa shape index (κ1) is 20.2. The van der Waals surface area contributed by atoms with Gasteiger partial charge < -0.3 is 9.47 Å². The number of nitriles is 3. The number of rotatable bonds is 2. The van der Waals surface area contributed by atoms with Crippen LogP contribution in [-0.2, 0) is 9.47 Å². The molecule has 0 amide bonds. The van der Waals surface area contributed by atoms with Crippen LogP contribution < -0.4 is 0 Å². The number of halogens is 2. The van der Waals surface area contributed by atoms with Crippen LogP contribution >= 0.6 is 23.2 Å². The van der Waals surface area contributed by atoms with Crippen molar-refractivity contribution in [1.29, 1.82) is 21.2 Å². The van der Waals surface area contributed by atoms with E-state index >= 15 is 0 Å². The van der Waals surface area contributed by atoms with Gasteiger partial charge in [0.15, 0.2) is 5.41 Å². The molecule has 4 unspecified atom stereocenters. The average molecular weight is 437 g/mol. The maximum absolute atomic E-state index is 10.4. The lowest BCUT2D eigenvalue weighted by molar-refractivity contribution is -0.253. The molecule has 2 saturated heterocycles. The van der Waals surface area contributed by atoms with Gasteiger partial charge in [-0.1, -0.05) is 59.6 Å². The largest absolute Gasteiger partial charge is 0.447 e. The van der Waals surface area contributed by atoms with Crippen molar-refractivity contribution in [2.75, 3.05) is 0 Å². The zero-order valence-electron chi connectivity index (χ0n) is 15.7. The minimum absolute atomic E-state index is 0.183. The zero-order chi connectivity index (χ0) is 21.7. The third-order valence-electron chi connectivity index (χ3n) is 5.89. The van der Waals surface area contributed by atoms with Crippen LogP contribution in [0.2, 0.25) is 10.0 Å². The van der Waals surface area contributed by atoms with E-state index in [0.29, 0.717) is 16.1 Å². The Kier molecular flexibility index (Phi) is 4.53. The molecule has 1 N–H and O–H groups in total. The van der Waals surface area contributed by atoms with Crippen LogP contribution in [0, 0.1) is 50.2 Å². The first-order valence-electron chi connectivity index (χ1n) is 8.99. The maximum Gasteiger partial charge on any atom is 0.218 e. The Morgan fingerprint density at radius 2 is 1.67 bits per heavy atom. The molecule has 148 valence electrons. The first-order valence-corrected chi connectivity index (χ1v) is 9.74. The summed E-state index contributed by atoms with van der Waals surface area (Å²) in [5, 5.41) is 40.0. The molecule has 0 radical (unpaired) electrons. The van der Waals surface area contributed by atoms with Crippen LogP contribution in [0.1, 0.15) is 30.1 Å². The van der Waals surface area contributed by atoms with Gasteiger partial charge in [0.1, 0.15) is 6.10 Å². The molecule has 2 heterocycles. The van der Waals surface area contributed by atoms with Crippen LogP contribution in [0.4, 0.5) is 0 Å². The van der Waals surface area contributed by atoms with Crippen LogP contribution in [0.15, 0.2) is 48.5 Å². The molecule has 4 atom stereocenters. The lowest BCUT2D eigenvalue weighted by Gasteiger charge is -2.49. The van der Waals surface area contributed by atoms with Gasteiger partial charge in [0.2, 0.25) is 17.1 Å². The van der Waals surface area contributed by atoms with E-state index in [1.165, 1.54) is 6.07 Å². The molecule has 0 spiro atoms. The quantitative estimate of drug-likeness (QED) is 0.701. The topological polar surface area (TPSA) is 114 Å². The molecule has 4 rings (SSSR count). The zero-order valence-corrected chi connectivity index (χ0v) is 17.2. The molecule has 0 aliphatic carbocycles.